The Morgan fingerprint density at radius 3 is 2.34 bits per heavy atom. The van der Waals surface area contributed by atoms with Crippen molar-refractivity contribution in [2.45, 2.75) is 43.9 Å². The van der Waals surface area contributed by atoms with Crippen LogP contribution < -0.4 is 14.9 Å². The number of nitrogens with zero attached hydrogens (tertiary/aromatic N) is 2. The molecule has 14 heteroatoms. The molecule has 1 heterocycles. The molecule has 2 N–H and O–H groups in total. The van der Waals surface area contributed by atoms with Crippen LogP contribution in [0.25, 0.3) is 0 Å². The van der Waals surface area contributed by atoms with E-state index in [1.165, 1.54) is 12.1 Å². The van der Waals surface area contributed by atoms with Crippen molar-refractivity contribution in [1.82, 2.24) is 14.3 Å². The molecule has 2 amide bonds. The lowest BCUT2D eigenvalue weighted by Gasteiger charge is -2.38. The standard InChI is InChI=1S/C24H25F5N4O4S/c1-15-5-2-3-8-19(15)21(22(35)31-17-12-23(25,26)13-17)33(18-7-4-6-16(11-18)24(27,28)29)20(34)14-30-38(36,37)32-9-10-32/h2-8,11,17,21,30H,9-10,12-14H2,1H3,(H,31,35). The van der Waals surface area contributed by atoms with Crippen molar-refractivity contribution in [2.24, 2.45) is 0 Å². The molecular weight excluding hydrogens is 535 g/mol. The second-order valence-electron chi connectivity index (χ2n) is 9.27. The van der Waals surface area contributed by atoms with E-state index in [1.54, 1.807) is 25.1 Å². The molecule has 1 saturated heterocycles. The number of hydrogen-bond acceptors (Lipinski definition) is 4. The summed E-state index contributed by atoms with van der Waals surface area (Å²) in [5.74, 6) is -4.86. The zero-order valence-electron chi connectivity index (χ0n) is 20.1. The molecule has 206 valence electrons. The Kier molecular flexibility index (Phi) is 7.51. The SMILES string of the molecule is Cc1ccccc1C(C(=O)NC1CC(F)(F)C1)N(C(=O)CNS(=O)(=O)N1CC1)c1cccc(C(F)(F)F)c1. The van der Waals surface area contributed by atoms with Gasteiger partial charge in [-0.3, -0.25) is 14.5 Å². The predicted octanol–water partition coefficient (Wildman–Crippen LogP) is 3.15. The van der Waals surface area contributed by atoms with E-state index in [9.17, 15) is 40.0 Å². The van der Waals surface area contributed by atoms with Crippen LogP contribution in [0.1, 0.15) is 35.6 Å². The third-order valence-electron chi connectivity index (χ3n) is 6.30. The summed E-state index contributed by atoms with van der Waals surface area (Å²) in [5.41, 5.74) is -0.685. The third kappa shape index (κ3) is 6.30. The number of hydrogen-bond donors (Lipinski definition) is 2. The average molecular weight is 561 g/mol. The number of amides is 2. The van der Waals surface area contributed by atoms with Crippen molar-refractivity contribution in [3.63, 3.8) is 0 Å². The second kappa shape index (κ2) is 10.2. The molecule has 38 heavy (non-hydrogen) atoms. The van der Waals surface area contributed by atoms with Gasteiger partial charge in [0.25, 0.3) is 16.1 Å². The lowest BCUT2D eigenvalue weighted by molar-refractivity contribution is -0.137. The highest BCUT2D eigenvalue weighted by Crippen LogP contribution is 2.39. The Hall–Kier alpha value is -3.10. The normalized spacial score (nSPS) is 18.4. The van der Waals surface area contributed by atoms with Crippen molar-refractivity contribution in [3.05, 3.63) is 65.2 Å². The zero-order valence-corrected chi connectivity index (χ0v) is 21.0. The van der Waals surface area contributed by atoms with Crippen LogP contribution >= 0.6 is 0 Å². The lowest BCUT2D eigenvalue weighted by atomic mass is 9.87. The van der Waals surface area contributed by atoms with Crippen LogP contribution in [0.5, 0.6) is 0 Å². The number of alkyl halides is 5. The quantitative estimate of drug-likeness (QED) is 0.364. The van der Waals surface area contributed by atoms with E-state index in [4.69, 9.17) is 0 Å². The van der Waals surface area contributed by atoms with Gasteiger partial charge in [0.15, 0.2) is 0 Å². The van der Waals surface area contributed by atoms with Crippen LogP contribution in [0.2, 0.25) is 0 Å². The van der Waals surface area contributed by atoms with Gasteiger partial charge in [-0.25, -0.2) is 8.78 Å². The fourth-order valence-electron chi connectivity index (χ4n) is 4.21. The van der Waals surface area contributed by atoms with Gasteiger partial charge in [0.2, 0.25) is 11.8 Å². The fraction of sp³-hybridized carbons (Fsp3) is 0.417. The van der Waals surface area contributed by atoms with Gasteiger partial charge >= 0.3 is 6.18 Å². The first kappa shape index (κ1) is 27.9. The summed E-state index contributed by atoms with van der Waals surface area (Å²) < 4.78 is 95.1. The smallest absolute Gasteiger partial charge is 0.351 e. The van der Waals surface area contributed by atoms with Gasteiger partial charge in [0.1, 0.15) is 6.04 Å². The molecule has 2 aromatic rings. The minimum absolute atomic E-state index is 0.232. The van der Waals surface area contributed by atoms with Crippen LogP contribution in [0.4, 0.5) is 27.6 Å². The lowest BCUT2D eigenvalue weighted by Crippen LogP contribution is -2.55. The molecule has 1 aliphatic carbocycles. The number of anilines is 1. The number of carbonyl (C=O) groups is 2. The van der Waals surface area contributed by atoms with Gasteiger partial charge in [-0.15, -0.1) is 0 Å². The van der Waals surface area contributed by atoms with Crippen molar-refractivity contribution >= 4 is 27.7 Å². The topological polar surface area (TPSA) is 98.6 Å². The van der Waals surface area contributed by atoms with Gasteiger partial charge < -0.3 is 5.32 Å². The van der Waals surface area contributed by atoms with Crippen LogP contribution in [0.15, 0.2) is 48.5 Å². The van der Waals surface area contributed by atoms with E-state index in [0.29, 0.717) is 11.6 Å². The maximum atomic E-state index is 13.5. The molecule has 2 fully saturated rings. The number of aryl methyl sites for hydroxylation is 1. The predicted molar refractivity (Wildman–Crippen MR) is 127 cm³/mol. The van der Waals surface area contributed by atoms with Gasteiger partial charge in [-0.2, -0.15) is 30.6 Å². The van der Waals surface area contributed by atoms with E-state index in [1.807, 2.05) is 0 Å². The summed E-state index contributed by atoms with van der Waals surface area (Å²) in [6, 6.07) is 7.53. The van der Waals surface area contributed by atoms with Gasteiger partial charge in [0.05, 0.1) is 12.1 Å². The van der Waals surface area contributed by atoms with Gasteiger partial charge in [-0.1, -0.05) is 30.3 Å². The molecular formula is C24H25F5N4O4S. The molecule has 1 saturated carbocycles. The monoisotopic (exact) mass is 560 g/mol. The molecule has 8 nitrogen and oxygen atoms in total. The summed E-state index contributed by atoms with van der Waals surface area (Å²) in [5, 5.41) is 2.47. The molecule has 1 atom stereocenters. The Labute approximate surface area is 216 Å². The number of carbonyl (C=O) groups excluding carboxylic acids is 2. The van der Waals surface area contributed by atoms with Crippen molar-refractivity contribution < 1.29 is 40.0 Å². The highest BCUT2D eigenvalue weighted by atomic mass is 32.2. The molecule has 0 spiro atoms. The minimum Gasteiger partial charge on any atom is -0.351 e. The summed E-state index contributed by atoms with van der Waals surface area (Å²) in [7, 11) is -4.00. The first-order valence-electron chi connectivity index (χ1n) is 11.7. The molecule has 1 unspecified atom stereocenters. The largest absolute Gasteiger partial charge is 0.416 e. The number of nitrogens with one attached hydrogen (secondary N) is 2. The minimum atomic E-state index is -4.77. The van der Waals surface area contributed by atoms with Crippen molar-refractivity contribution in [3.8, 4) is 0 Å². The van der Waals surface area contributed by atoms with Gasteiger partial charge in [-0.05, 0) is 36.2 Å². The zero-order chi connectivity index (χ0) is 27.9. The van der Waals surface area contributed by atoms with Crippen LogP contribution in [-0.4, -0.2) is 56.1 Å². The Bertz CT molecular complexity index is 1320. The first-order chi connectivity index (χ1) is 17.7. The molecule has 2 aliphatic rings. The van der Waals surface area contributed by atoms with Crippen LogP contribution in [0.3, 0.4) is 0 Å². The summed E-state index contributed by atoms with van der Waals surface area (Å²) in [4.78, 5) is 27.8. The summed E-state index contributed by atoms with van der Waals surface area (Å²) in [6.45, 7) is 1.26. The highest BCUT2D eigenvalue weighted by molar-refractivity contribution is 7.87. The number of halogens is 5. The summed E-state index contributed by atoms with van der Waals surface area (Å²) in [6.07, 6.45) is -6.01. The van der Waals surface area contributed by atoms with E-state index >= 15 is 0 Å². The van der Waals surface area contributed by atoms with E-state index in [2.05, 4.69) is 10.0 Å². The van der Waals surface area contributed by atoms with Crippen LogP contribution in [0, 0.1) is 6.92 Å². The first-order valence-corrected chi connectivity index (χ1v) is 13.1. The van der Waals surface area contributed by atoms with E-state index in [-0.39, 0.29) is 24.3 Å². The maximum Gasteiger partial charge on any atom is 0.416 e. The molecule has 2 aromatic carbocycles. The number of rotatable bonds is 9. The van der Waals surface area contributed by atoms with Crippen molar-refractivity contribution in [1.29, 1.82) is 0 Å². The Morgan fingerprint density at radius 2 is 1.76 bits per heavy atom. The highest BCUT2D eigenvalue weighted by Gasteiger charge is 2.47. The Balaban J connectivity index is 1.76. The second-order valence-corrected chi connectivity index (χ2v) is 11.0. The summed E-state index contributed by atoms with van der Waals surface area (Å²) >= 11 is 0. The Morgan fingerprint density at radius 1 is 1.11 bits per heavy atom. The van der Waals surface area contributed by atoms with Gasteiger partial charge in [0, 0.05) is 37.7 Å². The average Bonchev–Trinajstić information content (AvgIpc) is 3.66. The molecule has 1 aliphatic heterocycles. The molecule has 0 bridgehead atoms. The maximum absolute atomic E-state index is 13.5. The van der Waals surface area contributed by atoms with Crippen LogP contribution in [-0.2, 0) is 26.0 Å². The molecule has 4 rings (SSSR count). The van der Waals surface area contributed by atoms with E-state index in [0.717, 1.165) is 21.3 Å². The molecule has 0 aromatic heterocycles. The van der Waals surface area contributed by atoms with E-state index < -0.39 is 71.2 Å². The molecule has 0 radical (unpaired) electrons. The third-order valence-corrected chi connectivity index (χ3v) is 7.85. The number of benzene rings is 2. The fourth-order valence-corrected chi connectivity index (χ4v) is 5.27. The van der Waals surface area contributed by atoms with Crippen molar-refractivity contribution in [2.75, 3.05) is 24.5 Å².